The lowest BCUT2D eigenvalue weighted by atomic mass is 9.94. The minimum absolute atomic E-state index is 0.126. The Kier molecular flexibility index (Phi) is 6.57. The second-order valence-corrected chi connectivity index (χ2v) is 6.91. The number of amides is 2. The van der Waals surface area contributed by atoms with E-state index in [-0.39, 0.29) is 17.8 Å². The van der Waals surface area contributed by atoms with E-state index in [2.05, 4.69) is 5.32 Å². The molecule has 6 heteroatoms. The number of carbonyl (C=O) groups excluding carboxylic acids is 1. The molecule has 0 bridgehead atoms. The Morgan fingerprint density at radius 3 is 2.92 bits per heavy atom. The summed E-state index contributed by atoms with van der Waals surface area (Å²) in [5, 5.41) is 12.6. The minimum Gasteiger partial charge on any atom is -0.393 e. The zero-order chi connectivity index (χ0) is 17.7. The SMILES string of the molecule is CC(O)C1CCCN(C(=O)NCc2ccc(F)c(CN(C)C)c2)C1. The Morgan fingerprint density at radius 1 is 1.50 bits per heavy atom. The van der Waals surface area contributed by atoms with Gasteiger partial charge in [-0.3, -0.25) is 0 Å². The van der Waals surface area contributed by atoms with E-state index < -0.39 is 6.10 Å². The number of piperidine rings is 1. The molecular weight excluding hydrogens is 309 g/mol. The van der Waals surface area contributed by atoms with Crippen LogP contribution >= 0.6 is 0 Å². The van der Waals surface area contributed by atoms with Crippen LogP contribution in [0.2, 0.25) is 0 Å². The van der Waals surface area contributed by atoms with E-state index in [1.54, 1.807) is 24.0 Å². The molecule has 1 aliphatic heterocycles. The van der Waals surface area contributed by atoms with Gasteiger partial charge in [0.15, 0.2) is 0 Å². The molecule has 1 fully saturated rings. The molecule has 2 N–H and O–H groups in total. The van der Waals surface area contributed by atoms with Crippen molar-refractivity contribution in [2.75, 3.05) is 27.2 Å². The average Bonchev–Trinajstić information content (AvgIpc) is 2.55. The highest BCUT2D eigenvalue weighted by Gasteiger charge is 2.26. The first kappa shape index (κ1) is 18.7. The molecule has 1 aromatic carbocycles. The van der Waals surface area contributed by atoms with Crippen molar-refractivity contribution < 1.29 is 14.3 Å². The highest BCUT2D eigenvalue weighted by atomic mass is 19.1. The number of urea groups is 1. The summed E-state index contributed by atoms with van der Waals surface area (Å²) in [5.41, 5.74) is 1.50. The van der Waals surface area contributed by atoms with Crippen LogP contribution in [0, 0.1) is 11.7 Å². The minimum atomic E-state index is -0.397. The smallest absolute Gasteiger partial charge is 0.317 e. The van der Waals surface area contributed by atoms with E-state index >= 15 is 0 Å². The second-order valence-electron chi connectivity index (χ2n) is 6.91. The predicted molar refractivity (Wildman–Crippen MR) is 92.0 cm³/mol. The van der Waals surface area contributed by atoms with Crippen molar-refractivity contribution in [3.63, 3.8) is 0 Å². The third-order valence-corrected chi connectivity index (χ3v) is 4.47. The van der Waals surface area contributed by atoms with Gasteiger partial charge in [0, 0.05) is 37.7 Å². The highest BCUT2D eigenvalue weighted by molar-refractivity contribution is 5.74. The van der Waals surface area contributed by atoms with E-state index in [0.29, 0.717) is 31.7 Å². The largest absolute Gasteiger partial charge is 0.393 e. The lowest BCUT2D eigenvalue weighted by Gasteiger charge is -2.34. The summed E-state index contributed by atoms with van der Waals surface area (Å²) in [7, 11) is 3.78. The lowest BCUT2D eigenvalue weighted by Crippen LogP contribution is -2.47. The van der Waals surface area contributed by atoms with Crippen molar-refractivity contribution in [1.29, 1.82) is 0 Å². The molecule has 1 saturated heterocycles. The monoisotopic (exact) mass is 337 g/mol. The van der Waals surface area contributed by atoms with Gasteiger partial charge in [-0.2, -0.15) is 0 Å². The number of nitrogens with one attached hydrogen (secondary N) is 1. The lowest BCUT2D eigenvalue weighted by molar-refractivity contribution is 0.0738. The number of halogens is 1. The molecule has 1 heterocycles. The van der Waals surface area contributed by atoms with Crippen LogP contribution in [-0.2, 0) is 13.1 Å². The predicted octanol–water partition coefficient (Wildman–Crippen LogP) is 2.19. The van der Waals surface area contributed by atoms with E-state index in [4.69, 9.17) is 0 Å². The van der Waals surface area contributed by atoms with Gasteiger partial charge in [-0.25, -0.2) is 9.18 Å². The van der Waals surface area contributed by atoms with E-state index in [9.17, 15) is 14.3 Å². The molecule has 2 rings (SSSR count). The third-order valence-electron chi connectivity index (χ3n) is 4.47. The summed E-state index contributed by atoms with van der Waals surface area (Å²) in [6, 6.07) is 4.82. The molecule has 0 aromatic heterocycles. The van der Waals surface area contributed by atoms with Crippen LogP contribution in [0.1, 0.15) is 30.9 Å². The zero-order valence-corrected chi connectivity index (χ0v) is 14.8. The second kappa shape index (κ2) is 8.44. The van der Waals surface area contributed by atoms with E-state index in [1.807, 2.05) is 19.0 Å². The molecule has 1 aromatic rings. The Hall–Kier alpha value is -1.66. The van der Waals surface area contributed by atoms with Crippen LogP contribution in [0.25, 0.3) is 0 Å². The van der Waals surface area contributed by atoms with Gasteiger partial charge >= 0.3 is 6.03 Å². The first-order valence-electron chi connectivity index (χ1n) is 8.49. The Labute approximate surface area is 143 Å². The molecule has 2 unspecified atom stereocenters. The summed E-state index contributed by atoms with van der Waals surface area (Å²) in [6.07, 6.45) is 1.46. The van der Waals surface area contributed by atoms with Gasteiger partial charge in [-0.15, -0.1) is 0 Å². The van der Waals surface area contributed by atoms with Gasteiger partial charge in [0.1, 0.15) is 5.82 Å². The number of hydrogen-bond acceptors (Lipinski definition) is 3. The van der Waals surface area contributed by atoms with Crippen molar-refractivity contribution in [2.24, 2.45) is 5.92 Å². The molecule has 0 saturated carbocycles. The van der Waals surface area contributed by atoms with Crippen LogP contribution in [0.4, 0.5) is 9.18 Å². The van der Waals surface area contributed by atoms with Crippen molar-refractivity contribution in [3.05, 3.63) is 35.1 Å². The molecule has 134 valence electrons. The molecule has 0 spiro atoms. The molecule has 2 amide bonds. The molecule has 2 atom stereocenters. The quantitative estimate of drug-likeness (QED) is 0.866. The van der Waals surface area contributed by atoms with Crippen LogP contribution in [0.15, 0.2) is 18.2 Å². The van der Waals surface area contributed by atoms with E-state index in [1.165, 1.54) is 6.07 Å². The summed E-state index contributed by atoms with van der Waals surface area (Å²) in [4.78, 5) is 16.0. The van der Waals surface area contributed by atoms with Crippen LogP contribution in [0.3, 0.4) is 0 Å². The number of benzene rings is 1. The van der Waals surface area contributed by atoms with Crippen LogP contribution in [-0.4, -0.2) is 54.2 Å². The maximum atomic E-state index is 13.8. The van der Waals surface area contributed by atoms with Crippen molar-refractivity contribution in [2.45, 2.75) is 39.0 Å². The van der Waals surface area contributed by atoms with Crippen molar-refractivity contribution in [3.8, 4) is 0 Å². The van der Waals surface area contributed by atoms with Gasteiger partial charge < -0.3 is 20.2 Å². The fourth-order valence-electron chi connectivity index (χ4n) is 3.08. The molecule has 1 aliphatic rings. The van der Waals surface area contributed by atoms with Gasteiger partial charge in [0.25, 0.3) is 0 Å². The van der Waals surface area contributed by atoms with Crippen LogP contribution < -0.4 is 5.32 Å². The Bertz CT molecular complexity index is 563. The van der Waals surface area contributed by atoms with Gasteiger partial charge in [-0.1, -0.05) is 6.07 Å². The summed E-state index contributed by atoms with van der Waals surface area (Å²) in [6.45, 7) is 3.96. The van der Waals surface area contributed by atoms with Gasteiger partial charge in [-0.05, 0) is 51.6 Å². The van der Waals surface area contributed by atoms with Gasteiger partial charge in [0.05, 0.1) is 6.10 Å². The topological polar surface area (TPSA) is 55.8 Å². The normalized spacial score (nSPS) is 19.4. The number of hydrogen-bond donors (Lipinski definition) is 2. The fraction of sp³-hybridized carbons (Fsp3) is 0.611. The van der Waals surface area contributed by atoms with Crippen LogP contribution in [0.5, 0.6) is 0 Å². The average molecular weight is 337 g/mol. The number of aliphatic hydroxyl groups excluding tert-OH is 1. The first-order valence-corrected chi connectivity index (χ1v) is 8.49. The van der Waals surface area contributed by atoms with Crippen molar-refractivity contribution >= 4 is 6.03 Å². The molecule has 0 aliphatic carbocycles. The van der Waals surface area contributed by atoms with Gasteiger partial charge in [0.2, 0.25) is 0 Å². The zero-order valence-electron chi connectivity index (χ0n) is 14.8. The first-order chi connectivity index (χ1) is 11.4. The molecule has 0 radical (unpaired) electrons. The number of likely N-dealkylation sites (tertiary alicyclic amines) is 1. The third kappa shape index (κ3) is 5.18. The number of rotatable bonds is 5. The molecule has 5 nitrogen and oxygen atoms in total. The summed E-state index contributed by atoms with van der Waals surface area (Å²) < 4.78 is 13.8. The molecule has 24 heavy (non-hydrogen) atoms. The maximum Gasteiger partial charge on any atom is 0.317 e. The Balaban J connectivity index is 1.91. The number of aliphatic hydroxyl groups is 1. The summed E-state index contributed by atoms with van der Waals surface area (Å²) in [5.74, 6) is -0.0865. The fourth-order valence-corrected chi connectivity index (χ4v) is 3.08. The number of carbonyl (C=O) groups is 1. The van der Waals surface area contributed by atoms with Crippen molar-refractivity contribution in [1.82, 2.24) is 15.1 Å². The standard InChI is InChI=1S/C18H28FN3O2/c1-13(23)15-5-4-8-22(12-15)18(24)20-10-14-6-7-17(19)16(9-14)11-21(2)3/h6-7,9,13,15,23H,4-5,8,10-12H2,1-3H3,(H,20,24). The maximum absolute atomic E-state index is 13.8. The summed E-state index contributed by atoms with van der Waals surface area (Å²) >= 11 is 0. The number of nitrogens with zero attached hydrogens (tertiary/aromatic N) is 2. The molecular formula is C18H28FN3O2. The highest BCUT2D eigenvalue weighted by Crippen LogP contribution is 2.19. The Morgan fingerprint density at radius 2 is 2.25 bits per heavy atom. The van der Waals surface area contributed by atoms with E-state index in [0.717, 1.165) is 18.4 Å².